The molecule has 0 spiro atoms. The third-order valence-corrected chi connectivity index (χ3v) is 4.85. The fourth-order valence-corrected chi connectivity index (χ4v) is 3.56. The second kappa shape index (κ2) is 6.03. The van der Waals surface area contributed by atoms with Crippen molar-refractivity contribution in [1.82, 2.24) is 4.98 Å². The topological polar surface area (TPSA) is 80.8 Å². The number of hydrogen-bond acceptors (Lipinski definition) is 6. The molecule has 0 fully saturated rings. The summed E-state index contributed by atoms with van der Waals surface area (Å²) in [4.78, 5) is 17.2. The molecule has 0 saturated heterocycles. The maximum atomic E-state index is 12.7. The quantitative estimate of drug-likeness (QED) is 0.737. The second-order valence-electron chi connectivity index (χ2n) is 5.34. The van der Waals surface area contributed by atoms with Gasteiger partial charge in [0.15, 0.2) is 0 Å². The van der Waals surface area contributed by atoms with Crippen LogP contribution in [-0.4, -0.2) is 23.7 Å². The van der Waals surface area contributed by atoms with E-state index in [-0.39, 0.29) is 5.91 Å². The fourth-order valence-electron chi connectivity index (χ4n) is 2.61. The molecule has 2 N–H and O–H groups in total. The van der Waals surface area contributed by atoms with Crippen molar-refractivity contribution in [3.8, 4) is 5.75 Å². The van der Waals surface area contributed by atoms with Crippen molar-refractivity contribution < 1.29 is 9.53 Å². The predicted molar refractivity (Wildman–Crippen MR) is 98.9 cm³/mol. The Bertz CT molecular complexity index is 1020. The number of carbonyl (C=O) groups excluding carboxylic acids is 1. The molecule has 0 saturated carbocycles. The molecule has 25 heavy (non-hydrogen) atoms. The van der Waals surface area contributed by atoms with Crippen LogP contribution in [0.15, 0.2) is 65.4 Å². The van der Waals surface area contributed by atoms with Gasteiger partial charge in [0.1, 0.15) is 11.5 Å². The van der Waals surface area contributed by atoms with Crippen molar-refractivity contribution in [2.75, 3.05) is 12.1 Å². The Morgan fingerprint density at radius 3 is 2.72 bits per heavy atom. The molecule has 0 bridgehead atoms. The van der Waals surface area contributed by atoms with Crippen molar-refractivity contribution in [2.24, 2.45) is 10.8 Å². The number of hydrogen-bond donors (Lipinski definition) is 1. The number of benzene rings is 2. The molecule has 1 amide bonds. The summed E-state index contributed by atoms with van der Waals surface area (Å²) in [7, 11) is 1.61. The Labute approximate surface area is 147 Å². The first-order chi connectivity index (χ1) is 12.2. The number of anilines is 1. The number of nitrogens with two attached hydrogens (primary N) is 1. The smallest absolute Gasteiger partial charge is 0.284 e. The Hall–Kier alpha value is -3.19. The summed E-state index contributed by atoms with van der Waals surface area (Å²) < 4.78 is 6.15. The van der Waals surface area contributed by atoms with Crippen molar-refractivity contribution in [3.05, 3.63) is 65.9 Å². The van der Waals surface area contributed by atoms with E-state index in [2.05, 4.69) is 10.1 Å². The number of methoxy groups -OCH3 is 1. The molecule has 3 aromatic rings. The first-order valence-electron chi connectivity index (χ1n) is 7.56. The van der Waals surface area contributed by atoms with Crippen LogP contribution in [-0.2, 0) is 4.79 Å². The van der Waals surface area contributed by atoms with Gasteiger partial charge in [0.2, 0.25) is 5.13 Å². The first-order valence-corrected chi connectivity index (χ1v) is 8.38. The number of amides is 1. The number of carbonyl (C=O) groups is 1. The van der Waals surface area contributed by atoms with Crippen LogP contribution in [0.25, 0.3) is 10.2 Å². The highest BCUT2D eigenvalue weighted by Crippen LogP contribution is 2.34. The molecule has 0 radical (unpaired) electrons. The summed E-state index contributed by atoms with van der Waals surface area (Å²) in [6.07, 6.45) is 1.30. The lowest BCUT2D eigenvalue weighted by molar-refractivity contribution is -0.114. The van der Waals surface area contributed by atoms with E-state index < -0.39 is 0 Å². The van der Waals surface area contributed by atoms with Crippen LogP contribution in [0.2, 0.25) is 0 Å². The summed E-state index contributed by atoms with van der Waals surface area (Å²) in [5, 5.41) is 6.27. The highest BCUT2D eigenvalue weighted by atomic mass is 32.1. The van der Waals surface area contributed by atoms with Gasteiger partial charge in [0, 0.05) is 11.8 Å². The summed E-state index contributed by atoms with van der Waals surface area (Å²) in [5.74, 6) is 0.457. The van der Waals surface area contributed by atoms with Gasteiger partial charge in [-0.2, -0.15) is 10.1 Å². The van der Waals surface area contributed by atoms with Gasteiger partial charge in [0.25, 0.3) is 5.91 Å². The van der Waals surface area contributed by atoms with Gasteiger partial charge < -0.3 is 10.5 Å². The zero-order chi connectivity index (χ0) is 17.4. The van der Waals surface area contributed by atoms with Crippen molar-refractivity contribution in [2.45, 2.75) is 0 Å². The number of nitrogens with zero attached hydrogens (tertiary/aromatic N) is 3. The van der Waals surface area contributed by atoms with Gasteiger partial charge in [-0.05, 0) is 18.2 Å². The molecular weight excluding hydrogens is 336 g/mol. The largest absolute Gasteiger partial charge is 0.497 e. The number of ether oxygens (including phenoxy) is 1. The minimum atomic E-state index is -0.285. The van der Waals surface area contributed by atoms with Gasteiger partial charge in [0.05, 0.1) is 22.9 Å². The third kappa shape index (κ3) is 2.54. The molecule has 1 aromatic heterocycles. The minimum absolute atomic E-state index is 0.285. The number of thiazole rings is 1. The molecular formula is C18H14N4O2S. The van der Waals surface area contributed by atoms with Gasteiger partial charge >= 0.3 is 0 Å². The van der Waals surface area contributed by atoms with E-state index in [1.807, 2.05) is 48.5 Å². The molecule has 2 heterocycles. The maximum absolute atomic E-state index is 12.7. The van der Waals surface area contributed by atoms with E-state index >= 15 is 0 Å². The van der Waals surface area contributed by atoms with Crippen LogP contribution in [0.5, 0.6) is 5.75 Å². The molecule has 1 aliphatic rings. The van der Waals surface area contributed by atoms with E-state index in [9.17, 15) is 4.79 Å². The monoisotopic (exact) mass is 350 g/mol. The van der Waals surface area contributed by atoms with Crippen LogP contribution in [0.4, 0.5) is 5.13 Å². The van der Waals surface area contributed by atoms with Gasteiger partial charge in [-0.15, -0.1) is 0 Å². The highest BCUT2D eigenvalue weighted by molar-refractivity contribution is 7.22. The summed E-state index contributed by atoms with van der Waals surface area (Å²) >= 11 is 1.38. The van der Waals surface area contributed by atoms with Crippen LogP contribution in [0, 0.1) is 0 Å². The summed E-state index contributed by atoms with van der Waals surface area (Å²) in [5.41, 5.74) is 8.21. The van der Waals surface area contributed by atoms with Gasteiger partial charge in [-0.3, -0.25) is 4.79 Å². The summed E-state index contributed by atoms with van der Waals surface area (Å²) in [6.45, 7) is 0. The number of hydrazone groups is 1. The average Bonchev–Trinajstić information content (AvgIpc) is 3.22. The Balaban J connectivity index is 1.80. The molecule has 124 valence electrons. The molecule has 4 rings (SSSR count). The lowest BCUT2D eigenvalue weighted by Gasteiger charge is -2.05. The van der Waals surface area contributed by atoms with Crippen molar-refractivity contribution in [3.63, 3.8) is 0 Å². The zero-order valence-electron chi connectivity index (χ0n) is 13.3. The second-order valence-corrected chi connectivity index (χ2v) is 6.35. The highest BCUT2D eigenvalue weighted by Gasteiger charge is 2.33. The fraction of sp³-hybridized carbons (Fsp3) is 0.0556. The molecule has 0 atom stereocenters. The Kier molecular flexibility index (Phi) is 3.70. The Morgan fingerprint density at radius 1 is 1.20 bits per heavy atom. The lowest BCUT2D eigenvalue weighted by Crippen LogP contribution is -2.21. The number of aromatic nitrogens is 1. The van der Waals surface area contributed by atoms with E-state index in [0.717, 1.165) is 21.5 Å². The van der Waals surface area contributed by atoms with Crippen LogP contribution in [0.3, 0.4) is 0 Å². The standard InChI is InChI=1S/C18H14N4O2S/c1-24-12-7-8-14-15(9-12)25-18(20-14)22-17(23)13(10-19)16(21-22)11-5-3-2-4-6-11/h2-10H,19H2,1H3/b13-10+. The molecule has 2 aromatic carbocycles. The third-order valence-electron chi connectivity index (χ3n) is 3.86. The lowest BCUT2D eigenvalue weighted by atomic mass is 10.0. The number of fused-ring (bicyclic) bond motifs is 1. The van der Waals surface area contributed by atoms with Gasteiger partial charge in [-0.1, -0.05) is 41.7 Å². The van der Waals surface area contributed by atoms with Crippen molar-refractivity contribution >= 4 is 38.3 Å². The Morgan fingerprint density at radius 2 is 2.00 bits per heavy atom. The molecule has 7 heteroatoms. The number of rotatable bonds is 3. The molecule has 6 nitrogen and oxygen atoms in total. The first kappa shape index (κ1) is 15.3. The van der Waals surface area contributed by atoms with Crippen LogP contribution in [0.1, 0.15) is 5.56 Å². The maximum Gasteiger partial charge on any atom is 0.284 e. The minimum Gasteiger partial charge on any atom is -0.497 e. The van der Waals surface area contributed by atoms with E-state index in [1.54, 1.807) is 7.11 Å². The van der Waals surface area contributed by atoms with Crippen LogP contribution >= 0.6 is 11.3 Å². The van der Waals surface area contributed by atoms with E-state index in [1.165, 1.54) is 22.5 Å². The van der Waals surface area contributed by atoms with Gasteiger partial charge in [-0.25, -0.2) is 4.98 Å². The predicted octanol–water partition coefficient (Wildman–Crippen LogP) is 2.90. The average molecular weight is 350 g/mol. The van der Waals surface area contributed by atoms with E-state index in [0.29, 0.717) is 16.4 Å². The van der Waals surface area contributed by atoms with E-state index in [4.69, 9.17) is 10.5 Å². The van der Waals surface area contributed by atoms with Crippen LogP contribution < -0.4 is 15.5 Å². The molecule has 0 aliphatic carbocycles. The SMILES string of the molecule is COc1ccc2nc(N3N=C(c4ccccc4)/C(=C\N)C3=O)sc2c1. The van der Waals surface area contributed by atoms with Crippen molar-refractivity contribution in [1.29, 1.82) is 0 Å². The zero-order valence-corrected chi connectivity index (χ0v) is 14.2. The summed E-state index contributed by atoms with van der Waals surface area (Å²) in [6, 6.07) is 15.1. The molecule has 0 unspecified atom stereocenters. The normalized spacial score (nSPS) is 15.9. The molecule has 1 aliphatic heterocycles.